The lowest BCUT2D eigenvalue weighted by Crippen LogP contribution is -2.34. The molecule has 4 nitrogen and oxygen atoms in total. The van der Waals surface area contributed by atoms with Crippen molar-refractivity contribution < 1.29 is 8.76 Å². The van der Waals surface area contributed by atoms with Crippen molar-refractivity contribution in [3.05, 3.63) is 29.6 Å². The molecule has 0 saturated carbocycles. The van der Waals surface area contributed by atoms with E-state index in [2.05, 4.69) is 18.0 Å². The Kier molecular flexibility index (Phi) is 3.68. The maximum atomic E-state index is 10.8. The van der Waals surface area contributed by atoms with E-state index in [0.717, 1.165) is 18.5 Å². The smallest absolute Gasteiger partial charge is 0.0464 e. The van der Waals surface area contributed by atoms with Gasteiger partial charge in [0.25, 0.3) is 0 Å². The first-order valence-corrected chi connectivity index (χ1v) is 6.47. The van der Waals surface area contributed by atoms with Crippen LogP contribution in [0, 0.1) is 6.92 Å². The zero-order valence-electron chi connectivity index (χ0n) is 9.26. The number of hydrogen-bond donors (Lipinski definition) is 0. The Morgan fingerprint density at radius 1 is 1.50 bits per heavy atom. The van der Waals surface area contributed by atoms with Crippen LogP contribution in [0.15, 0.2) is 18.3 Å². The van der Waals surface area contributed by atoms with E-state index in [0.29, 0.717) is 19.0 Å². The molecular formula is C11H15N2O2S-. The summed E-state index contributed by atoms with van der Waals surface area (Å²) in [5.41, 5.74) is 2.32. The highest BCUT2D eigenvalue weighted by Crippen LogP contribution is 2.28. The van der Waals surface area contributed by atoms with Crippen LogP contribution in [0.25, 0.3) is 0 Å². The van der Waals surface area contributed by atoms with Gasteiger partial charge in [-0.25, -0.2) is 4.31 Å². The van der Waals surface area contributed by atoms with Crippen LogP contribution in [0.2, 0.25) is 0 Å². The largest absolute Gasteiger partial charge is 0.760 e. The quantitative estimate of drug-likeness (QED) is 0.732. The summed E-state index contributed by atoms with van der Waals surface area (Å²) in [6.45, 7) is 3.27. The van der Waals surface area contributed by atoms with Crippen LogP contribution in [0.5, 0.6) is 0 Å². The molecule has 2 heterocycles. The number of piperidine rings is 1. The minimum absolute atomic E-state index is 0.404. The van der Waals surface area contributed by atoms with Gasteiger partial charge in [0.15, 0.2) is 0 Å². The molecule has 0 aliphatic carbocycles. The van der Waals surface area contributed by atoms with E-state index in [9.17, 15) is 8.76 Å². The Labute approximate surface area is 98.1 Å². The third-order valence-electron chi connectivity index (χ3n) is 3.10. The van der Waals surface area contributed by atoms with Crippen molar-refractivity contribution in [3.8, 4) is 0 Å². The molecule has 5 heteroatoms. The number of hydrogen-bond acceptors (Lipinski definition) is 3. The van der Waals surface area contributed by atoms with E-state index in [-0.39, 0.29) is 0 Å². The lowest BCUT2D eigenvalue weighted by Gasteiger charge is -2.32. The number of aryl methyl sites for hydroxylation is 1. The highest BCUT2D eigenvalue weighted by atomic mass is 32.2. The van der Waals surface area contributed by atoms with Crippen LogP contribution in [-0.2, 0) is 11.3 Å². The fourth-order valence-corrected chi connectivity index (χ4v) is 2.71. The number of pyridine rings is 1. The summed E-state index contributed by atoms with van der Waals surface area (Å²) in [6.07, 6.45) is 3.54. The highest BCUT2D eigenvalue weighted by Gasteiger charge is 2.22. The zero-order chi connectivity index (χ0) is 11.5. The second-order valence-corrected chi connectivity index (χ2v) is 5.08. The molecule has 0 N–H and O–H groups in total. The Morgan fingerprint density at radius 2 is 2.19 bits per heavy atom. The topological polar surface area (TPSA) is 56.3 Å². The van der Waals surface area contributed by atoms with Crippen LogP contribution < -0.4 is 0 Å². The maximum absolute atomic E-state index is 10.8. The average molecular weight is 239 g/mol. The molecule has 1 saturated heterocycles. The lowest BCUT2D eigenvalue weighted by molar-refractivity contribution is 0.306. The molecule has 1 unspecified atom stereocenters. The van der Waals surface area contributed by atoms with Crippen molar-refractivity contribution in [2.24, 2.45) is 0 Å². The molecule has 0 aromatic carbocycles. The van der Waals surface area contributed by atoms with E-state index in [4.69, 9.17) is 0 Å². The van der Waals surface area contributed by atoms with Gasteiger partial charge in [-0.2, -0.15) is 0 Å². The standard InChI is InChI=1S/C11H16N2O2S/c1-9-3-2-6-12-11(9)10-4-7-13(8-5-10)16(14)15/h2-3,6,10H,4-5,7-8H2,1H3,(H,14,15)/p-1. The fourth-order valence-electron chi connectivity index (χ4n) is 2.20. The minimum Gasteiger partial charge on any atom is -0.760 e. The normalized spacial score (nSPS) is 20.9. The highest BCUT2D eigenvalue weighted by molar-refractivity contribution is 7.76. The molecule has 0 radical (unpaired) electrons. The van der Waals surface area contributed by atoms with E-state index in [1.807, 2.05) is 6.07 Å². The van der Waals surface area contributed by atoms with Crippen molar-refractivity contribution in [3.63, 3.8) is 0 Å². The van der Waals surface area contributed by atoms with Crippen LogP contribution in [0.3, 0.4) is 0 Å². The van der Waals surface area contributed by atoms with E-state index in [1.54, 1.807) is 6.20 Å². The Bertz CT molecular complexity index is 389. The zero-order valence-corrected chi connectivity index (χ0v) is 10.1. The molecule has 0 amide bonds. The van der Waals surface area contributed by atoms with Crippen molar-refractivity contribution in [1.82, 2.24) is 9.29 Å². The van der Waals surface area contributed by atoms with Gasteiger partial charge >= 0.3 is 0 Å². The molecule has 1 atom stereocenters. The molecule has 16 heavy (non-hydrogen) atoms. The van der Waals surface area contributed by atoms with Gasteiger partial charge in [-0.3, -0.25) is 9.19 Å². The van der Waals surface area contributed by atoms with Crippen LogP contribution in [0.1, 0.15) is 30.0 Å². The first kappa shape index (κ1) is 11.7. The monoisotopic (exact) mass is 239 g/mol. The summed E-state index contributed by atoms with van der Waals surface area (Å²) in [5, 5.41) is 0. The number of rotatable bonds is 2. The molecule has 1 aliphatic heterocycles. The van der Waals surface area contributed by atoms with E-state index < -0.39 is 11.3 Å². The Hall–Kier alpha value is -0.780. The summed E-state index contributed by atoms with van der Waals surface area (Å²) < 4.78 is 23.0. The number of nitrogens with zero attached hydrogens (tertiary/aromatic N) is 2. The third-order valence-corrected chi connectivity index (χ3v) is 3.89. The van der Waals surface area contributed by atoms with Crippen LogP contribution in [-0.4, -0.2) is 31.1 Å². The van der Waals surface area contributed by atoms with Crippen molar-refractivity contribution in [2.75, 3.05) is 13.1 Å². The van der Waals surface area contributed by atoms with Crippen LogP contribution >= 0.6 is 0 Å². The summed E-state index contributed by atoms with van der Waals surface area (Å²) in [7, 11) is 0. The van der Waals surface area contributed by atoms with Gasteiger partial charge in [0, 0.05) is 42.2 Å². The minimum atomic E-state index is -2.07. The SMILES string of the molecule is Cc1cccnc1C1CCN(S(=O)[O-])CC1. The molecular weight excluding hydrogens is 224 g/mol. The summed E-state index contributed by atoms with van der Waals surface area (Å²) in [5.74, 6) is 0.404. The molecule has 1 aliphatic rings. The van der Waals surface area contributed by atoms with Gasteiger partial charge in [0.2, 0.25) is 0 Å². The van der Waals surface area contributed by atoms with Gasteiger partial charge in [-0.1, -0.05) is 6.07 Å². The summed E-state index contributed by atoms with van der Waals surface area (Å²) in [4.78, 5) is 4.40. The summed E-state index contributed by atoms with van der Waals surface area (Å²) >= 11 is -2.07. The fraction of sp³-hybridized carbons (Fsp3) is 0.545. The van der Waals surface area contributed by atoms with Gasteiger partial charge < -0.3 is 4.55 Å². The van der Waals surface area contributed by atoms with Gasteiger partial charge in [0.1, 0.15) is 0 Å². The van der Waals surface area contributed by atoms with Gasteiger partial charge in [-0.05, 0) is 31.4 Å². The Balaban J connectivity index is 2.05. The van der Waals surface area contributed by atoms with Crippen molar-refractivity contribution >= 4 is 11.3 Å². The molecule has 1 fully saturated rings. The van der Waals surface area contributed by atoms with Crippen molar-refractivity contribution in [1.29, 1.82) is 0 Å². The van der Waals surface area contributed by atoms with E-state index in [1.165, 1.54) is 9.87 Å². The molecule has 0 bridgehead atoms. The second-order valence-electron chi connectivity index (χ2n) is 4.13. The third kappa shape index (κ3) is 2.48. The first-order chi connectivity index (χ1) is 7.68. The number of aromatic nitrogens is 1. The molecule has 88 valence electrons. The predicted molar refractivity (Wildman–Crippen MR) is 61.4 cm³/mol. The maximum Gasteiger partial charge on any atom is 0.0464 e. The molecule has 1 aromatic rings. The molecule has 0 spiro atoms. The predicted octanol–water partition coefficient (Wildman–Crippen LogP) is 1.36. The van der Waals surface area contributed by atoms with Gasteiger partial charge in [-0.15, -0.1) is 0 Å². The summed E-state index contributed by atoms with van der Waals surface area (Å²) in [6, 6.07) is 3.99. The Morgan fingerprint density at radius 3 is 2.75 bits per heavy atom. The van der Waals surface area contributed by atoms with Crippen LogP contribution in [0.4, 0.5) is 0 Å². The van der Waals surface area contributed by atoms with Gasteiger partial charge in [0.05, 0.1) is 0 Å². The van der Waals surface area contributed by atoms with E-state index >= 15 is 0 Å². The van der Waals surface area contributed by atoms with Crippen molar-refractivity contribution in [2.45, 2.75) is 25.7 Å². The molecule has 1 aromatic heterocycles. The lowest BCUT2D eigenvalue weighted by atomic mass is 9.92. The first-order valence-electron chi connectivity index (χ1n) is 5.44. The average Bonchev–Trinajstić information content (AvgIpc) is 2.30. The molecule has 2 rings (SSSR count). The second kappa shape index (κ2) is 5.03.